The molecule has 27 heavy (non-hydrogen) atoms. The molecule has 0 fully saturated rings. The van der Waals surface area contributed by atoms with E-state index < -0.39 is 15.9 Å². The fraction of sp³-hybridized carbons (Fsp3) is 0.263. The summed E-state index contributed by atoms with van der Waals surface area (Å²) in [6, 6.07) is 14.4. The van der Waals surface area contributed by atoms with Crippen LogP contribution in [0.5, 0.6) is 0 Å². The lowest BCUT2D eigenvalue weighted by molar-refractivity contribution is -0.116. The number of rotatable bonds is 7. The molecule has 0 atom stereocenters. The molecule has 0 aliphatic rings. The van der Waals surface area contributed by atoms with Gasteiger partial charge in [-0.05, 0) is 44.2 Å². The average Bonchev–Trinajstić information content (AvgIpc) is 2.60. The predicted octanol–water partition coefficient (Wildman–Crippen LogP) is 2.08. The first-order chi connectivity index (χ1) is 12.7. The Bertz CT molecular complexity index is 912. The van der Waals surface area contributed by atoms with Crippen molar-refractivity contribution >= 4 is 27.5 Å². The monoisotopic (exact) mass is 389 g/mol. The highest BCUT2D eigenvalue weighted by Gasteiger charge is 2.20. The first-order valence-corrected chi connectivity index (χ1v) is 9.90. The third-order valence-electron chi connectivity index (χ3n) is 3.57. The van der Waals surface area contributed by atoms with Gasteiger partial charge in [-0.2, -0.15) is 0 Å². The van der Waals surface area contributed by atoms with Gasteiger partial charge in [-0.25, -0.2) is 13.1 Å². The molecule has 8 heteroatoms. The lowest BCUT2D eigenvalue weighted by Gasteiger charge is -2.17. The van der Waals surface area contributed by atoms with E-state index in [4.69, 9.17) is 0 Å². The van der Waals surface area contributed by atoms with Crippen molar-refractivity contribution in [1.29, 1.82) is 0 Å². The van der Waals surface area contributed by atoms with E-state index in [0.29, 0.717) is 5.69 Å². The minimum atomic E-state index is -3.71. The second-order valence-electron chi connectivity index (χ2n) is 6.38. The van der Waals surface area contributed by atoms with Crippen LogP contribution in [0.4, 0.5) is 5.69 Å². The maximum Gasteiger partial charge on any atom is 0.254 e. The van der Waals surface area contributed by atoms with Crippen LogP contribution in [0, 0.1) is 0 Å². The zero-order valence-corrected chi connectivity index (χ0v) is 16.3. The van der Waals surface area contributed by atoms with Crippen molar-refractivity contribution < 1.29 is 18.0 Å². The van der Waals surface area contributed by atoms with Crippen molar-refractivity contribution in [2.75, 3.05) is 18.9 Å². The van der Waals surface area contributed by atoms with E-state index in [2.05, 4.69) is 10.0 Å². The van der Waals surface area contributed by atoms with Gasteiger partial charge in [0.1, 0.15) is 0 Å². The minimum Gasteiger partial charge on any atom is -0.332 e. The van der Waals surface area contributed by atoms with Crippen LogP contribution in [0.1, 0.15) is 24.2 Å². The summed E-state index contributed by atoms with van der Waals surface area (Å²) >= 11 is 0. The van der Waals surface area contributed by atoms with Crippen molar-refractivity contribution in [3.8, 4) is 0 Å². The molecule has 2 rings (SSSR count). The number of carbonyl (C=O) groups excluding carboxylic acids is 2. The molecule has 0 aliphatic carbocycles. The van der Waals surface area contributed by atoms with Crippen LogP contribution >= 0.6 is 0 Å². The fourth-order valence-corrected chi connectivity index (χ4v) is 3.70. The quantitative estimate of drug-likeness (QED) is 0.758. The molecule has 0 aromatic heterocycles. The maximum atomic E-state index is 12.6. The van der Waals surface area contributed by atoms with Gasteiger partial charge in [0.2, 0.25) is 15.9 Å². The number of benzene rings is 2. The Kier molecular flexibility index (Phi) is 6.70. The number of hydrogen-bond donors (Lipinski definition) is 2. The highest BCUT2D eigenvalue weighted by molar-refractivity contribution is 7.89. The van der Waals surface area contributed by atoms with Crippen LogP contribution in [0.25, 0.3) is 0 Å². The third-order valence-corrected chi connectivity index (χ3v) is 5.22. The molecule has 0 radical (unpaired) electrons. The number of hydrogen-bond acceptors (Lipinski definition) is 4. The van der Waals surface area contributed by atoms with Gasteiger partial charge in [-0.3, -0.25) is 9.59 Å². The summed E-state index contributed by atoms with van der Waals surface area (Å²) in [6.07, 6.45) is 0. The van der Waals surface area contributed by atoms with E-state index >= 15 is 0 Å². The van der Waals surface area contributed by atoms with Gasteiger partial charge in [0, 0.05) is 24.3 Å². The summed E-state index contributed by atoms with van der Waals surface area (Å²) in [5, 5.41) is 2.70. The Labute approximate surface area is 159 Å². The van der Waals surface area contributed by atoms with Crippen molar-refractivity contribution in [3.63, 3.8) is 0 Å². The number of para-hydroxylation sites is 1. The van der Waals surface area contributed by atoms with E-state index in [-0.39, 0.29) is 29.0 Å². The molecular weight excluding hydrogens is 366 g/mol. The fourth-order valence-electron chi connectivity index (χ4n) is 2.40. The van der Waals surface area contributed by atoms with Gasteiger partial charge < -0.3 is 10.2 Å². The zero-order valence-electron chi connectivity index (χ0n) is 15.5. The smallest absolute Gasteiger partial charge is 0.254 e. The zero-order chi connectivity index (χ0) is 20.0. The van der Waals surface area contributed by atoms with E-state index in [0.717, 1.165) is 0 Å². The van der Waals surface area contributed by atoms with E-state index in [1.54, 1.807) is 38.1 Å². The van der Waals surface area contributed by atoms with Crippen molar-refractivity contribution in [3.05, 3.63) is 60.2 Å². The molecule has 0 unspecified atom stereocenters. The molecule has 0 saturated heterocycles. The number of carbonyl (C=O) groups is 2. The number of likely N-dealkylation sites (N-methyl/N-ethyl adjacent to an activating group) is 1. The number of sulfonamides is 1. The molecule has 2 aromatic carbocycles. The Morgan fingerprint density at radius 1 is 1.04 bits per heavy atom. The molecule has 2 aromatic rings. The molecule has 7 nitrogen and oxygen atoms in total. The first-order valence-electron chi connectivity index (χ1n) is 8.42. The molecule has 0 aliphatic heterocycles. The van der Waals surface area contributed by atoms with Crippen LogP contribution in [0.2, 0.25) is 0 Å². The Morgan fingerprint density at radius 2 is 1.70 bits per heavy atom. The Morgan fingerprint density at radius 3 is 2.33 bits per heavy atom. The van der Waals surface area contributed by atoms with Gasteiger partial charge in [0.05, 0.1) is 11.4 Å². The largest absolute Gasteiger partial charge is 0.332 e. The Hall–Kier alpha value is -2.71. The second-order valence-corrected chi connectivity index (χ2v) is 8.09. The van der Waals surface area contributed by atoms with Gasteiger partial charge >= 0.3 is 0 Å². The number of amides is 2. The van der Waals surface area contributed by atoms with Gasteiger partial charge in [0.25, 0.3) is 5.91 Å². The van der Waals surface area contributed by atoms with Gasteiger partial charge in [-0.15, -0.1) is 0 Å². The lowest BCUT2D eigenvalue weighted by Crippen LogP contribution is -2.35. The SMILES string of the molecule is CC(C)NS(=O)(=O)c1cccc(C(=O)N(C)CC(=O)Nc2ccccc2)c1. The lowest BCUT2D eigenvalue weighted by atomic mass is 10.2. The number of nitrogens with zero attached hydrogens (tertiary/aromatic N) is 1. The van der Waals surface area contributed by atoms with E-state index in [9.17, 15) is 18.0 Å². The number of nitrogens with one attached hydrogen (secondary N) is 2. The van der Waals surface area contributed by atoms with Crippen molar-refractivity contribution in [1.82, 2.24) is 9.62 Å². The van der Waals surface area contributed by atoms with Crippen LogP contribution < -0.4 is 10.0 Å². The topological polar surface area (TPSA) is 95.6 Å². The highest BCUT2D eigenvalue weighted by atomic mass is 32.2. The molecule has 0 heterocycles. The highest BCUT2D eigenvalue weighted by Crippen LogP contribution is 2.14. The summed E-state index contributed by atoms with van der Waals surface area (Å²) in [7, 11) is -2.22. The molecule has 2 N–H and O–H groups in total. The van der Waals surface area contributed by atoms with Gasteiger partial charge in [-0.1, -0.05) is 24.3 Å². The third kappa shape index (κ3) is 5.90. The molecule has 144 valence electrons. The molecule has 0 spiro atoms. The molecule has 2 amide bonds. The standard InChI is InChI=1S/C19H23N3O4S/c1-14(2)21-27(25,26)17-11-7-8-15(12-17)19(24)22(3)13-18(23)20-16-9-5-4-6-10-16/h4-12,14,21H,13H2,1-3H3,(H,20,23). The normalized spacial score (nSPS) is 11.3. The summed E-state index contributed by atoms with van der Waals surface area (Å²) in [4.78, 5) is 25.9. The van der Waals surface area contributed by atoms with Crippen LogP contribution in [-0.2, 0) is 14.8 Å². The molecule has 0 bridgehead atoms. The van der Waals surface area contributed by atoms with Crippen LogP contribution in [0.3, 0.4) is 0 Å². The van der Waals surface area contributed by atoms with Crippen molar-refractivity contribution in [2.24, 2.45) is 0 Å². The van der Waals surface area contributed by atoms with E-state index in [1.807, 2.05) is 6.07 Å². The Balaban J connectivity index is 2.08. The van der Waals surface area contributed by atoms with Crippen LogP contribution in [-0.4, -0.2) is 44.8 Å². The molecular formula is C19H23N3O4S. The summed E-state index contributed by atoms with van der Waals surface area (Å²) < 4.78 is 27.0. The maximum absolute atomic E-state index is 12.6. The van der Waals surface area contributed by atoms with Gasteiger partial charge in [0.15, 0.2) is 0 Å². The summed E-state index contributed by atoms with van der Waals surface area (Å²) in [5.41, 5.74) is 0.827. The predicted molar refractivity (Wildman–Crippen MR) is 104 cm³/mol. The average molecular weight is 389 g/mol. The number of anilines is 1. The minimum absolute atomic E-state index is 0.00388. The van der Waals surface area contributed by atoms with Crippen LogP contribution in [0.15, 0.2) is 59.5 Å². The van der Waals surface area contributed by atoms with E-state index in [1.165, 1.54) is 36.2 Å². The van der Waals surface area contributed by atoms with Crippen molar-refractivity contribution in [2.45, 2.75) is 24.8 Å². The summed E-state index contributed by atoms with van der Waals surface area (Å²) in [5.74, 6) is -0.790. The second kappa shape index (κ2) is 8.79. The first kappa shape index (κ1) is 20.6. The summed E-state index contributed by atoms with van der Waals surface area (Å²) in [6.45, 7) is 3.27. The molecule has 0 saturated carbocycles.